The maximum absolute atomic E-state index is 11.9. The Hall–Kier alpha value is -2.77. The van der Waals surface area contributed by atoms with Crippen molar-refractivity contribution >= 4 is 23.5 Å². The molecule has 3 rings (SSSR count). The van der Waals surface area contributed by atoms with Crippen LogP contribution in [0.1, 0.15) is 0 Å². The molecule has 2 aliphatic heterocycles. The number of imide groups is 1. The monoisotopic (exact) mass is 291 g/mol. The van der Waals surface area contributed by atoms with Gasteiger partial charge in [0.05, 0.1) is 6.54 Å². The van der Waals surface area contributed by atoms with E-state index < -0.39 is 17.8 Å². The van der Waals surface area contributed by atoms with E-state index in [-0.39, 0.29) is 13.1 Å². The molecule has 0 aliphatic carbocycles. The van der Waals surface area contributed by atoms with Gasteiger partial charge in [-0.25, -0.2) is 4.79 Å². The zero-order chi connectivity index (χ0) is 14.8. The topological polar surface area (TPSA) is 97.0 Å². The molecule has 1 fully saturated rings. The fourth-order valence-electron chi connectivity index (χ4n) is 2.08. The molecule has 0 saturated carbocycles. The highest BCUT2D eigenvalue weighted by Crippen LogP contribution is 2.32. The number of hydrogen-bond donors (Lipinski definition) is 2. The van der Waals surface area contributed by atoms with Crippen molar-refractivity contribution < 1.29 is 23.9 Å². The van der Waals surface area contributed by atoms with Gasteiger partial charge in [0.15, 0.2) is 11.5 Å². The van der Waals surface area contributed by atoms with Crippen molar-refractivity contribution in [1.29, 1.82) is 0 Å². The number of nitrogens with one attached hydrogen (secondary N) is 2. The molecule has 4 amide bonds. The first kappa shape index (κ1) is 13.2. The number of urea groups is 1. The summed E-state index contributed by atoms with van der Waals surface area (Å²) < 4.78 is 10.8. The molecule has 8 heteroatoms. The zero-order valence-corrected chi connectivity index (χ0v) is 11.0. The Bertz CT molecular complexity index is 600. The summed E-state index contributed by atoms with van der Waals surface area (Å²) >= 11 is 0. The van der Waals surface area contributed by atoms with Crippen LogP contribution in [0.5, 0.6) is 11.5 Å². The molecule has 0 bridgehead atoms. The van der Waals surface area contributed by atoms with Crippen LogP contribution in [0.15, 0.2) is 18.2 Å². The van der Waals surface area contributed by atoms with E-state index in [9.17, 15) is 14.4 Å². The average Bonchev–Trinajstić information content (AvgIpc) is 2.79. The summed E-state index contributed by atoms with van der Waals surface area (Å²) in [5, 5.41) is 4.96. The first-order valence-corrected chi connectivity index (χ1v) is 6.41. The number of nitrogens with zero attached hydrogens (tertiary/aromatic N) is 1. The van der Waals surface area contributed by atoms with Gasteiger partial charge in [-0.05, 0) is 12.1 Å². The molecule has 0 spiro atoms. The Morgan fingerprint density at radius 2 is 2.00 bits per heavy atom. The van der Waals surface area contributed by atoms with E-state index in [0.717, 1.165) is 4.90 Å². The summed E-state index contributed by atoms with van der Waals surface area (Å²) in [5.74, 6) is 0.289. The summed E-state index contributed by atoms with van der Waals surface area (Å²) in [7, 11) is 0. The van der Waals surface area contributed by atoms with Gasteiger partial charge < -0.3 is 20.1 Å². The third-order valence-electron chi connectivity index (χ3n) is 3.06. The molecule has 0 aromatic heterocycles. The van der Waals surface area contributed by atoms with Crippen molar-refractivity contribution in [3.8, 4) is 11.5 Å². The van der Waals surface area contributed by atoms with E-state index in [1.54, 1.807) is 18.2 Å². The van der Waals surface area contributed by atoms with Gasteiger partial charge in [0, 0.05) is 11.8 Å². The van der Waals surface area contributed by atoms with E-state index in [2.05, 4.69) is 10.6 Å². The number of rotatable bonds is 3. The molecule has 2 N–H and O–H groups in total. The van der Waals surface area contributed by atoms with Crippen LogP contribution in [0.3, 0.4) is 0 Å². The second-order valence-corrected chi connectivity index (χ2v) is 4.55. The predicted octanol–water partition coefficient (Wildman–Crippen LogP) is -0.0519. The molecule has 8 nitrogen and oxygen atoms in total. The van der Waals surface area contributed by atoms with Gasteiger partial charge in [0.25, 0.3) is 5.91 Å². The van der Waals surface area contributed by atoms with Crippen LogP contribution < -0.4 is 20.1 Å². The second-order valence-electron chi connectivity index (χ2n) is 4.55. The molecular weight excluding hydrogens is 278 g/mol. The molecule has 1 aromatic carbocycles. The molecule has 2 aliphatic rings. The van der Waals surface area contributed by atoms with Crippen LogP contribution in [-0.2, 0) is 9.59 Å². The molecule has 0 radical (unpaired) electrons. The van der Waals surface area contributed by atoms with Gasteiger partial charge >= 0.3 is 6.03 Å². The number of hydrogen-bond acceptors (Lipinski definition) is 5. The highest BCUT2D eigenvalue weighted by molar-refractivity contribution is 6.06. The maximum atomic E-state index is 11.9. The highest BCUT2D eigenvalue weighted by Gasteiger charge is 2.30. The molecule has 0 atom stereocenters. The van der Waals surface area contributed by atoms with Gasteiger partial charge in [-0.1, -0.05) is 0 Å². The summed E-state index contributed by atoms with van der Waals surface area (Å²) in [6.45, 7) is 0.549. The van der Waals surface area contributed by atoms with E-state index in [1.165, 1.54) is 0 Å². The fraction of sp³-hybridized carbons (Fsp3) is 0.308. The molecule has 21 heavy (non-hydrogen) atoms. The Morgan fingerprint density at radius 3 is 2.71 bits per heavy atom. The molecule has 110 valence electrons. The van der Waals surface area contributed by atoms with Gasteiger partial charge in [0.1, 0.15) is 19.8 Å². The summed E-state index contributed by atoms with van der Waals surface area (Å²) in [6, 6.07) is 4.44. The van der Waals surface area contributed by atoms with Crippen LogP contribution in [0.4, 0.5) is 10.5 Å². The normalized spacial score (nSPS) is 16.7. The minimum atomic E-state index is -0.558. The van der Waals surface area contributed by atoms with Crippen molar-refractivity contribution in [2.45, 2.75) is 0 Å². The van der Waals surface area contributed by atoms with Gasteiger partial charge in [-0.2, -0.15) is 0 Å². The number of amides is 4. The average molecular weight is 291 g/mol. The van der Waals surface area contributed by atoms with Crippen molar-refractivity contribution in [2.75, 3.05) is 31.6 Å². The van der Waals surface area contributed by atoms with Gasteiger partial charge in [-0.15, -0.1) is 0 Å². The van der Waals surface area contributed by atoms with Crippen molar-refractivity contribution in [3.63, 3.8) is 0 Å². The lowest BCUT2D eigenvalue weighted by molar-refractivity contribution is -0.128. The lowest BCUT2D eigenvalue weighted by atomic mass is 10.2. The maximum Gasteiger partial charge on any atom is 0.325 e. The third-order valence-corrected chi connectivity index (χ3v) is 3.06. The van der Waals surface area contributed by atoms with Crippen LogP contribution in [0, 0.1) is 0 Å². The molecule has 1 saturated heterocycles. The van der Waals surface area contributed by atoms with Crippen molar-refractivity contribution in [1.82, 2.24) is 10.2 Å². The Morgan fingerprint density at radius 1 is 1.24 bits per heavy atom. The van der Waals surface area contributed by atoms with Crippen LogP contribution >= 0.6 is 0 Å². The third kappa shape index (κ3) is 2.73. The number of fused-ring (bicyclic) bond motifs is 1. The van der Waals surface area contributed by atoms with Crippen molar-refractivity contribution in [2.24, 2.45) is 0 Å². The van der Waals surface area contributed by atoms with E-state index in [0.29, 0.717) is 30.4 Å². The largest absolute Gasteiger partial charge is 0.486 e. The number of carbonyl (C=O) groups excluding carboxylic acids is 3. The smallest absolute Gasteiger partial charge is 0.325 e. The van der Waals surface area contributed by atoms with E-state index in [4.69, 9.17) is 9.47 Å². The first-order valence-electron chi connectivity index (χ1n) is 6.41. The summed E-state index contributed by atoms with van der Waals surface area (Å²) in [4.78, 5) is 35.5. The van der Waals surface area contributed by atoms with Gasteiger partial charge in [0.2, 0.25) is 5.91 Å². The van der Waals surface area contributed by atoms with Crippen molar-refractivity contribution in [3.05, 3.63) is 18.2 Å². The number of anilines is 1. The molecule has 1 aromatic rings. The molecule has 0 unspecified atom stereocenters. The SMILES string of the molecule is O=C(CN1C(=O)CNC1=O)Nc1ccc2c(c1)OCCO2. The fourth-order valence-corrected chi connectivity index (χ4v) is 2.08. The number of benzene rings is 1. The molecule has 2 heterocycles. The predicted molar refractivity (Wildman–Crippen MR) is 71.2 cm³/mol. The zero-order valence-electron chi connectivity index (χ0n) is 11.0. The standard InChI is InChI=1S/C13H13N3O5/c17-11(7-16-12(18)6-14-13(16)19)15-8-1-2-9-10(5-8)21-4-3-20-9/h1-2,5H,3-4,6-7H2,(H,14,19)(H,15,17). The minimum absolute atomic E-state index is 0.0733. The van der Waals surface area contributed by atoms with Gasteiger partial charge in [-0.3, -0.25) is 14.5 Å². The summed E-state index contributed by atoms with van der Waals surface area (Å²) in [6.07, 6.45) is 0. The first-order chi connectivity index (χ1) is 10.1. The Kier molecular flexibility index (Phi) is 3.35. The number of carbonyl (C=O) groups is 3. The van der Waals surface area contributed by atoms with E-state index in [1.807, 2.05) is 0 Å². The van der Waals surface area contributed by atoms with E-state index >= 15 is 0 Å². The second kappa shape index (κ2) is 5.31. The number of ether oxygens (including phenoxy) is 2. The molecular formula is C13H13N3O5. The lowest BCUT2D eigenvalue weighted by Crippen LogP contribution is -2.38. The van der Waals surface area contributed by atoms with Crippen LogP contribution in [0.25, 0.3) is 0 Å². The highest BCUT2D eigenvalue weighted by atomic mass is 16.6. The minimum Gasteiger partial charge on any atom is -0.486 e. The Labute approximate surface area is 120 Å². The Balaban J connectivity index is 1.65. The van der Waals surface area contributed by atoms with Crippen LogP contribution in [0.2, 0.25) is 0 Å². The lowest BCUT2D eigenvalue weighted by Gasteiger charge is -2.19. The summed E-state index contributed by atoms with van der Waals surface area (Å²) in [5.41, 5.74) is 0.510. The van der Waals surface area contributed by atoms with Crippen LogP contribution in [-0.4, -0.2) is 49.0 Å². The quantitative estimate of drug-likeness (QED) is 0.761.